The van der Waals surface area contributed by atoms with Crippen molar-refractivity contribution in [3.05, 3.63) is 29.8 Å². The van der Waals surface area contributed by atoms with Crippen LogP contribution in [-0.4, -0.2) is 72.8 Å². The summed E-state index contributed by atoms with van der Waals surface area (Å²) >= 11 is 0. The maximum absolute atomic E-state index is 12.7. The average molecular weight is 376 g/mol. The van der Waals surface area contributed by atoms with Crippen molar-refractivity contribution in [2.24, 2.45) is 5.92 Å². The minimum atomic E-state index is -0.889. The lowest BCUT2D eigenvalue weighted by Gasteiger charge is -2.38. The van der Waals surface area contributed by atoms with Gasteiger partial charge in [-0.3, -0.25) is 14.5 Å². The minimum absolute atomic E-state index is 0.0315. The number of amides is 1. The van der Waals surface area contributed by atoms with Crippen LogP contribution in [0.25, 0.3) is 0 Å². The molecule has 2 fully saturated rings. The van der Waals surface area contributed by atoms with Crippen LogP contribution in [0.2, 0.25) is 0 Å². The molecule has 0 aromatic heterocycles. The van der Waals surface area contributed by atoms with E-state index in [2.05, 4.69) is 0 Å². The molecular weight excluding hydrogens is 348 g/mol. The molecule has 0 bridgehead atoms. The topological polar surface area (TPSA) is 79.3 Å². The lowest BCUT2D eigenvalue weighted by Crippen LogP contribution is -2.48. The van der Waals surface area contributed by atoms with Gasteiger partial charge in [-0.05, 0) is 25.8 Å². The van der Waals surface area contributed by atoms with Crippen molar-refractivity contribution in [3.63, 3.8) is 0 Å². The largest absolute Gasteiger partial charge is 0.494 e. The number of hydrogen-bond acceptors (Lipinski definition) is 5. The van der Waals surface area contributed by atoms with Crippen molar-refractivity contribution in [2.45, 2.75) is 25.8 Å². The van der Waals surface area contributed by atoms with Gasteiger partial charge in [-0.25, -0.2) is 0 Å². The molecule has 1 aromatic rings. The number of morpholine rings is 1. The lowest BCUT2D eigenvalue weighted by molar-refractivity contribution is -0.145. The Morgan fingerprint density at radius 2 is 1.85 bits per heavy atom. The summed E-state index contributed by atoms with van der Waals surface area (Å²) in [5, 5.41) is 9.86. The average Bonchev–Trinajstić information content (AvgIpc) is 2.70. The number of para-hydroxylation sites is 1. The second-order valence-corrected chi connectivity index (χ2v) is 6.96. The zero-order valence-corrected chi connectivity index (χ0v) is 15.8. The molecule has 2 heterocycles. The monoisotopic (exact) mass is 376 g/mol. The Hall–Kier alpha value is -2.12. The van der Waals surface area contributed by atoms with E-state index in [9.17, 15) is 14.7 Å². The van der Waals surface area contributed by atoms with Crippen molar-refractivity contribution in [1.82, 2.24) is 9.80 Å². The number of ether oxygens (including phenoxy) is 2. The van der Waals surface area contributed by atoms with Crippen LogP contribution in [0.15, 0.2) is 24.3 Å². The van der Waals surface area contributed by atoms with Gasteiger partial charge in [0.15, 0.2) is 0 Å². The van der Waals surface area contributed by atoms with E-state index in [1.54, 1.807) is 0 Å². The number of carboxylic acids is 1. The number of hydrogen-bond donors (Lipinski definition) is 1. The first kappa shape index (κ1) is 19.6. The maximum atomic E-state index is 12.7. The van der Waals surface area contributed by atoms with Crippen molar-refractivity contribution in [1.29, 1.82) is 0 Å². The normalized spacial score (nSPS) is 20.3. The second-order valence-electron chi connectivity index (χ2n) is 6.96. The summed E-state index contributed by atoms with van der Waals surface area (Å²) in [6.45, 7) is 6.03. The first-order valence-electron chi connectivity index (χ1n) is 9.67. The van der Waals surface area contributed by atoms with Crippen LogP contribution in [0, 0.1) is 5.92 Å². The fraction of sp³-hybridized carbons (Fsp3) is 0.600. The number of carboxylic acid groups (broad SMARTS) is 1. The quantitative estimate of drug-likeness (QED) is 0.815. The SMILES string of the molecule is CCOc1ccccc1[C@@H](C(=O)O)N1CCC(C(=O)N2CCOCC2)CC1. The highest BCUT2D eigenvalue weighted by Crippen LogP contribution is 2.33. The number of rotatable bonds is 6. The molecule has 3 rings (SSSR count). The second kappa shape index (κ2) is 9.19. The first-order valence-corrected chi connectivity index (χ1v) is 9.67. The predicted molar refractivity (Wildman–Crippen MR) is 99.7 cm³/mol. The number of benzene rings is 1. The van der Waals surface area contributed by atoms with Gasteiger partial charge in [-0.15, -0.1) is 0 Å². The highest BCUT2D eigenvalue weighted by Gasteiger charge is 2.35. The molecule has 2 aliphatic rings. The van der Waals surface area contributed by atoms with Crippen LogP contribution in [0.3, 0.4) is 0 Å². The molecule has 0 spiro atoms. The van der Waals surface area contributed by atoms with Crippen LogP contribution in [0.1, 0.15) is 31.4 Å². The smallest absolute Gasteiger partial charge is 0.325 e. The van der Waals surface area contributed by atoms with E-state index in [1.807, 2.05) is 41.0 Å². The van der Waals surface area contributed by atoms with E-state index in [1.165, 1.54) is 0 Å². The molecule has 148 valence electrons. The summed E-state index contributed by atoms with van der Waals surface area (Å²) < 4.78 is 10.9. The summed E-state index contributed by atoms with van der Waals surface area (Å²) in [6, 6.07) is 6.55. The molecule has 2 saturated heterocycles. The van der Waals surface area contributed by atoms with Crippen LogP contribution in [0.5, 0.6) is 5.75 Å². The van der Waals surface area contributed by atoms with Crippen molar-refractivity contribution >= 4 is 11.9 Å². The Bertz CT molecular complexity index is 652. The molecule has 1 aromatic carbocycles. The Balaban J connectivity index is 1.67. The van der Waals surface area contributed by atoms with E-state index in [-0.39, 0.29) is 11.8 Å². The molecule has 0 aliphatic carbocycles. The van der Waals surface area contributed by atoms with Gasteiger partial charge in [-0.1, -0.05) is 18.2 Å². The molecule has 0 unspecified atom stereocenters. The molecule has 1 amide bonds. The van der Waals surface area contributed by atoms with Gasteiger partial charge in [0.2, 0.25) is 5.91 Å². The minimum Gasteiger partial charge on any atom is -0.494 e. The molecule has 7 heteroatoms. The third-order valence-electron chi connectivity index (χ3n) is 5.31. The number of piperidine rings is 1. The molecule has 2 aliphatic heterocycles. The number of likely N-dealkylation sites (tertiary alicyclic amines) is 1. The van der Waals surface area contributed by atoms with Gasteiger partial charge in [0, 0.05) is 37.7 Å². The fourth-order valence-electron chi connectivity index (χ4n) is 3.93. The van der Waals surface area contributed by atoms with Crippen molar-refractivity contribution < 1.29 is 24.2 Å². The summed E-state index contributed by atoms with van der Waals surface area (Å²) in [6.07, 6.45) is 1.35. The molecule has 0 radical (unpaired) electrons. The molecular formula is C20H28N2O5. The number of carbonyl (C=O) groups is 2. The van der Waals surface area contributed by atoms with Crippen LogP contribution >= 0.6 is 0 Å². The molecule has 1 atom stereocenters. The van der Waals surface area contributed by atoms with Gasteiger partial charge >= 0.3 is 5.97 Å². The summed E-state index contributed by atoms with van der Waals surface area (Å²) in [5.41, 5.74) is 0.671. The Labute approximate surface area is 159 Å². The molecule has 0 saturated carbocycles. The molecule has 7 nitrogen and oxygen atoms in total. The van der Waals surface area contributed by atoms with E-state index in [4.69, 9.17) is 9.47 Å². The van der Waals surface area contributed by atoms with Gasteiger partial charge in [0.1, 0.15) is 11.8 Å². The van der Waals surface area contributed by atoms with Gasteiger partial charge in [-0.2, -0.15) is 0 Å². The highest BCUT2D eigenvalue weighted by molar-refractivity contribution is 5.79. The molecule has 1 N–H and O–H groups in total. The zero-order chi connectivity index (χ0) is 19.2. The van der Waals surface area contributed by atoms with Crippen LogP contribution in [-0.2, 0) is 14.3 Å². The van der Waals surface area contributed by atoms with Crippen molar-refractivity contribution in [3.8, 4) is 5.75 Å². The standard InChI is InChI=1S/C20H28N2O5/c1-2-27-17-6-4-3-5-16(17)18(20(24)25)21-9-7-15(8-10-21)19(23)22-11-13-26-14-12-22/h3-6,15,18H,2,7-14H2,1H3,(H,24,25)/t18-/m0/s1. The zero-order valence-electron chi connectivity index (χ0n) is 15.8. The number of nitrogens with zero attached hydrogens (tertiary/aromatic N) is 2. The third kappa shape index (κ3) is 4.59. The Morgan fingerprint density at radius 1 is 1.19 bits per heavy atom. The lowest BCUT2D eigenvalue weighted by atomic mass is 9.92. The Kier molecular flexibility index (Phi) is 6.68. The third-order valence-corrected chi connectivity index (χ3v) is 5.31. The van der Waals surface area contributed by atoms with E-state index >= 15 is 0 Å². The number of carbonyl (C=O) groups excluding carboxylic acids is 1. The summed E-state index contributed by atoms with van der Waals surface area (Å²) in [5.74, 6) is -0.130. The predicted octanol–water partition coefficient (Wildman–Crippen LogP) is 1.78. The van der Waals surface area contributed by atoms with Crippen LogP contribution < -0.4 is 4.74 Å². The van der Waals surface area contributed by atoms with Gasteiger partial charge in [0.25, 0.3) is 0 Å². The van der Waals surface area contributed by atoms with Crippen molar-refractivity contribution in [2.75, 3.05) is 46.0 Å². The summed E-state index contributed by atoms with van der Waals surface area (Å²) in [7, 11) is 0. The first-order chi connectivity index (χ1) is 13.1. The van der Waals surface area contributed by atoms with E-state index < -0.39 is 12.0 Å². The van der Waals surface area contributed by atoms with Crippen LogP contribution in [0.4, 0.5) is 0 Å². The van der Waals surface area contributed by atoms with E-state index in [0.717, 1.165) is 0 Å². The Morgan fingerprint density at radius 3 is 2.48 bits per heavy atom. The highest BCUT2D eigenvalue weighted by atomic mass is 16.5. The maximum Gasteiger partial charge on any atom is 0.325 e. The number of aliphatic carboxylic acids is 1. The fourth-order valence-corrected chi connectivity index (χ4v) is 3.93. The van der Waals surface area contributed by atoms with Gasteiger partial charge in [0.05, 0.1) is 19.8 Å². The van der Waals surface area contributed by atoms with E-state index in [0.29, 0.717) is 70.2 Å². The van der Waals surface area contributed by atoms with Gasteiger partial charge < -0.3 is 19.5 Å². The molecule has 27 heavy (non-hydrogen) atoms. The summed E-state index contributed by atoms with van der Waals surface area (Å²) in [4.78, 5) is 28.5.